The van der Waals surface area contributed by atoms with Gasteiger partial charge in [0.05, 0.1) is 25.5 Å². The van der Waals surface area contributed by atoms with E-state index in [0.29, 0.717) is 37.2 Å². The van der Waals surface area contributed by atoms with Crippen molar-refractivity contribution in [3.8, 4) is 17.2 Å². The summed E-state index contributed by atoms with van der Waals surface area (Å²) in [6.07, 6.45) is 0. The van der Waals surface area contributed by atoms with Crippen LogP contribution >= 0.6 is 0 Å². The van der Waals surface area contributed by atoms with Gasteiger partial charge in [0.2, 0.25) is 0 Å². The number of nitrogens with one attached hydrogen (secondary N) is 1. The van der Waals surface area contributed by atoms with E-state index in [9.17, 15) is 0 Å². The molecule has 0 saturated heterocycles. The largest absolute Gasteiger partial charge is 0.494 e. The molecule has 0 atom stereocenters. The molecule has 0 aromatic heterocycles. The van der Waals surface area contributed by atoms with Gasteiger partial charge in [-0.2, -0.15) is 5.10 Å². The van der Waals surface area contributed by atoms with E-state index < -0.39 is 0 Å². The zero-order valence-electron chi connectivity index (χ0n) is 22.0. The van der Waals surface area contributed by atoms with Crippen LogP contribution in [-0.2, 0) is 5.41 Å². The molecule has 6 heteroatoms. The second-order valence-corrected chi connectivity index (χ2v) is 9.50. The summed E-state index contributed by atoms with van der Waals surface area (Å²) in [5.74, 6) is 2.86. The minimum absolute atomic E-state index is 0.0801. The van der Waals surface area contributed by atoms with Crippen molar-refractivity contribution in [3.63, 3.8) is 0 Å². The Balaban J connectivity index is 1.80. The number of hydrogen-bond donors (Lipinski definition) is 1. The van der Waals surface area contributed by atoms with Crippen molar-refractivity contribution in [3.05, 3.63) is 82.9 Å². The van der Waals surface area contributed by atoms with E-state index in [0.717, 1.165) is 33.8 Å². The lowest BCUT2D eigenvalue weighted by molar-refractivity contribution is 0.287. The molecular weight excluding hydrogens is 450 g/mol. The van der Waals surface area contributed by atoms with Gasteiger partial charge in [-0.3, -0.25) is 5.43 Å². The fourth-order valence-electron chi connectivity index (χ4n) is 4.05. The molecule has 0 amide bonds. The summed E-state index contributed by atoms with van der Waals surface area (Å²) in [5.41, 5.74) is 8.86. The van der Waals surface area contributed by atoms with E-state index in [2.05, 4.69) is 50.5 Å². The molecule has 1 aliphatic rings. The summed E-state index contributed by atoms with van der Waals surface area (Å²) >= 11 is 0. The first-order valence-corrected chi connectivity index (χ1v) is 12.5. The van der Waals surface area contributed by atoms with Crippen molar-refractivity contribution in [2.45, 2.75) is 47.0 Å². The third-order valence-electron chi connectivity index (χ3n) is 5.88. The molecule has 3 aromatic rings. The fourth-order valence-corrected chi connectivity index (χ4v) is 4.05. The molecule has 0 bridgehead atoms. The molecule has 1 heterocycles. The molecule has 0 aliphatic carbocycles. The number of fused-ring (bicyclic) bond motifs is 1. The molecule has 0 radical (unpaired) electrons. The third-order valence-corrected chi connectivity index (χ3v) is 5.88. The molecule has 3 aromatic carbocycles. The van der Waals surface area contributed by atoms with Crippen molar-refractivity contribution in [1.29, 1.82) is 0 Å². The normalized spacial score (nSPS) is 13.1. The Kier molecular flexibility index (Phi) is 7.63. The zero-order valence-corrected chi connectivity index (χ0v) is 22.0. The highest BCUT2D eigenvalue weighted by Crippen LogP contribution is 2.34. The second kappa shape index (κ2) is 10.9. The Morgan fingerprint density at radius 1 is 0.722 bits per heavy atom. The van der Waals surface area contributed by atoms with Gasteiger partial charge in [-0.25, -0.2) is 4.99 Å². The minimum atomic E-state index is 0.0801. The summed E-state index contributed by atoms with van der Waals surface area (Å²) in [5, 5.41) is 4.83. The average Bonchev–Trinajstić information content (AvgIpc) is 3.05. The number of hydrazone groups is 1. The van der Waals surface area contributed by atoms with Crippen LogP contribution in [0.15, 0.2) is 70.8 Å². The smallest absolute Gasteiger partial charge is 0.161 e. The van der Waals surface area contributed by atoms with Crippen LogP contribution in [-0.4, -0.2) is 31.4 Å². The van der Waals surface area contributed by atoms with Crippen LogP contribution in [0, 0.1) is 0 Å². The number of rotatable bonds is 8. The van der Waals surface area contributed by atoms with E-state index in [4.69, 9.17) is 24.3 Å². The van der Waals surface area contributed by atoms with Crippen LogP contribution in [0.25, 0.3) is 0 Å². The van der Waals surface area contributed by atoms with Crippen LogP contribution in [0.5, 0.6) is 17.2 Å². The maximum absolute atomic E-state index is 5.88. The van der Waals surface area contributed by atoms with Gasteiger partial charge in [0, 0.05) is 16.7 Å². The highest BCUT2D eigenvalue weighted by Gasteiger charge is 2.21. The Hall–Kier alpha value is -3.80. The van der Waals surface area contributed by atoms with Crippen molar-refractivity contribution >= 4 is 17.2 Å². The SMILES string of the molecule is CCOc1ccc2c(c1)C(c1ccc(OCC)c(OCC)c1)=NNC(c1ccc(C(C)(C)C)cc1)=N2. The lowest BCUT2D eigenvalue weighted by Crippen LogP contribution is -2.20. The van der Waals surface area contributed by atoms with Gasteiger partial charge in [-0.15, -0.1) is 0 Å². The summed E-state index contributed by atoms with van der Waals surface area (Å²) in [6, 6.07) is 20.3. The maximum atomic E-state index is 5.88. The monoisotopic (exact) mass is 485 g/mol. The first-order chi connectivity index (χ1) is 17.3. The Morgan fingerprint density at radius 3 is 2.06 bits per heavy atom. The lowest BCUT2D eigenvalue weighted by atomic mass is 9.86. The number of aliphatic imine (C=N–C) groups is 1. The van der Waals surface area contributed by atoms with Gasteiger partial charge < -0.3 is 14.2 Å². The van der Waals surface area contributed by atoms with E-state index in [1.54, 1.807) is 0 Å². The van der Waals surface area contributed by atoms with Gasteiger partial charge >= 0.3 is 0 Å². The average molecular weight is 486 g/mol. The molecule has 6 nitrogen and oxygen atoms in total. The third kappa shape index (κ3) is 5.54. The van der Waals surface area contributed by atoms with Crippen LogP contribution in [0.4, 0.5) is 5.69 Å². The number of ether oxygens (including phenoxy) is 3. The topological polar surface area (TPSA) is 64.4 Å². The number of amidine groups is 1. The lowest BCUT2D eigenvalue weighted by Gasteiger charge is -2.19. The quantitative estimate of drug-likeness (QED) is 0.390. The van der Waals surface area contributed by atoms with Crippen molar-refractivity contribution in [1.82, 2.24) is 5.43 Å². The molecule has 1 aliphatic heterocycles. The zero-order chi connectivity index (χ0) is 25.7. The Bertz CT molecular complexity index is 1270. The van der Waals surface area contributed by atoms with Gasteiger partial charge in [-0.1, -0.05) is 45.0 Å². The maximum Gasteiger partial charge on any atom is 0.161 e. The highest BCUT2D eigenvalue weighted by atomic mass is 16.5. The molecule has 36 heavy (non-hydrogen) atoms. The van der Waals surface area contributed by atoms with Gasteiger partial charge in [0.25, 0.3) is 0 Å². The van der Waals surface area contributed by atoms with Crippen LogP contribution < -0.4 is 19.6 Å². The van der Waals surface area contributed by atoms with E-state index in [1.165, 1.54) is 5.56 Å². The molecular formula is C30H35N3O3. The van der Waals surface area contributed by atoms with Gasteiger partial charge in [-0.05, 0) is 68.1 Å². The second-order valence-electron chi connectivity index (χ2n) is 9.50. The first kappa shape index (κ1) is 25.3. The summed E-state index contributed by atoms with van der Waals surface area (Å²) in [7, 11) is 0. The van der Waals surface area contributed by atoms with E-state index in [-0.39, 0.29) is 5.41 Å². The highest BCUT2D eigenvalue weighted by molar-refractivity contribution is 6.18. The molecule has 4 rings (SSSR count). The predicted molar refractivity (Wildman–Crippen MR) is 147 cm³/mol. The van der Waals surface area contributed by atoms with Crippen LogP contribution in [0.3, 0.4) is 0 Å². The molecule has 0 spiro atoms. The van der Waals surface area contributed by atoms with Crippen molar-refractivity contribution in [2.75, 3.05) is 19.8 Å². The van der Waals surface area contributed by atoms with Crippen molar-refractivity contribution in [2.24, 2.45) is 10.1 Å². The van der Waals surface area contributed by atoms with Gasteiger partial charge in [0.15, 0.2) is 17.3 Å². The number of benzene rings is 3. The van der Waals surface area contributed by atoms with Crippen LogP contribution in [0.1, 0.15) is 63.8 Å². The first-order valence-electron chi connectivity index (χ1n) is 12.5. The number of hydrogen-bond acceptors (Lipinski definition) is 6. The summed E-state index contributed by atoms with van der Waals surface area (Å²) in [4.78, 5) is 4.96. The van der Waals surface area contributed by atoms with Crippen LogP contribution in [0.2, 0.25) is 0 Å². The minimum Gasteiger partial charge on any atom is -0.494 e. The molecule has 188 valence electrons. The van der Waals surface area contributed by atoms with E-state index >= 15 is 0 Å². The molecule has 1 N–H and O–H groups in total. The summed E-state index contributed by atoms with van der Waals surface area (Å²) in [6.45, 7) is 14.2. The standard InChI is InChI=1S/C30H35N3O3/c1-7-34-23-15-16-25-24(19-23)28(21-12-17-26(35-8-2)27(18-21)36-9-3)32-33-29(31-25)20-10-13-22(14-11-20)30(4,5)6/h10-19H,7-9H2,1-6H3,(H,31,33). The number of nitrogens with zero attached hydrogens (tertiary/aromatic N) is 2. The Morgan fingerprint density at radius 2 is 1.39 bits per heavy atom. The molecule has 0 fully saturated rings. The van der Waals surface area contributed by atoms with Crippen molar-refractivity contribution < 1.29 is 14.2 Å². The molecule has 0 saturated carbocycles. The summed E-state index contributed by atoms with van der Waals surface area (Å²) < 4.78 is 17.4. The predicted octanol–water partition coefficient (Wildman–Crippen LogP) is 6.61. The van der Waals surface area contributed by atoms with E-state index in [1.807, 2.05) is 57.2 Å². The molecule has 0 unspecified atom stereocenters. The van der Waals surface area contributed by atoms with Gasteiger partial charge in [0.1, 0.15) is 11.5 Å². The fraction of sp³-hybridized carbons (Fsp3) is 0.333. The Labute approximate surface area is 214 Å².